The van der Waals surface area contributed by atoms with E-state index in [9.17, 15) is 14.4 Å². The average Bonchev–Trinajstić information content (AvgIpc) is 2.64. The van der Waals surface area contributed by atoms with E-state index in [0.29, 0.717) is 28.5 Å². The second-order valence-corrected chi connectivity index (χ2v) is 6.93. The second kappa shape index (κ2) is 10.0. The first-order chi connectivity index (χ1) is 13.3. The Morgan fingerprint density at radius 1 is 1.00 bits per heavy atom. The molecule has 0 radical (unpaired) electrons. The highest BCUT2D eigenvalue weighted by Crippen LogP contribution is 2.20. The molecule has 2 amide bonds. The van der Waals surface area contributed by atoms with Gasteiger partial charge in [-0.2, -0.15) is 0 Å². The normalized spacial score (nSPS) is 10.6. The predicted octanol–water partition coefficient (Wildman–Crippen LogP) is 3.75. The average molecular weight is 402 g/mol. The van der Waals surface area contributed by atoms with Gasteiger partial charge in [0.15, 0.2) is 5.78 Å². The van der Waals surface area contributed by atoms with Crippen molar-refractivity contribution < 1.29 is 14.4 Å². The minimum absolute atomic E-state index is 0.0583. The third-order valence-electron chi connectivity index (χ3n) is 4.21. The molecule has 0 bridgehead atoms. The van der Waals surface area contributed by atoms with Gasteiger partial charge in [0.05, 0.1) is 13.1 Å². The Labute approximate surface area is 169 Å². The number of hydrogen-bond acceptors (Lipinski definition) is 4. The molecule has 0 aliphatic heterocycles. The highest BCUT2D eigenvalue weighted by molar-refractivity contribution is 6.31. The van der Waals surface area contributed by atoms with Crippen molar-refractivity contribution in [1.82, 2.24) is 4.90 Å². The maximum absolute atomic E-state index is 12.3. The van der Waals surface area contributed by atoms with Crippen molar-refractivity contribution in [3.63, 3.8) is 0 Å². The molecule has 0 unspecified atom stereocenters. The molecule has 148 valence electrons. The van der Waals surface area contributed by atoms with Crippen LogP contribution in [-0.4, -0.2) is 42.1 Å². The zero-order valence-electron chi connectivity index (χ0n) is 16.2. The zero-order valence-corrected chi connectivity index (χ0v) is 17.0. The molecule has 0 saturated carbocycles. The van der Waals surface area contributed by atoms with Crippen molar-refractivity contribution in [2.75, 3.05) is 30.3 Å². The molecule has 0 aliphatic carbocycles. The van der Waals surface area contributed by atoms with Crippen molar-refractivity contribution in [2.24, 2.45) is 0 Å². The summed E-state index contributed by atoms with van der Waals surface area (Å²) in [6.07, 6.45) is 0. The predicted molar refractivity (Wildman–Crippen MR) is 112 cm³/mol. The maximum atomic E-state index is 12.3. The standard InChI is InChI=1S/C21H24ClN3O3/c1-4-25(13-21(28)24-19-11-17(22)9-8-14(19)2)12-20(27)23-18-7-5-6-16(10-18)15(3)26/h5-11H,4,12-13H2,1-3H3,(H,23,27)(H,24,28). The summed E-state index contributed by atoms with van der Waals surface area (Å²) in [6, 6.07) is 12.0. The number of carbonyl (C=O) groups is 3. The molecule has 2 aromatic carbocycles. The van der Waals surface area contributed by atoms with Crippen molar-refractivity contribution in [1.29, 1.82) is 0 Å². The first-order valence-electron chi connectivity index (χ1n) is 8.97. The minimum atomic E-state index is -0.255. The van der Waals surface area contributed by atoms with Crippen LogP contribution in [-0.2, 0) is 9.59 Å². The van der Waals surface area contributed by atoms with E-state index in [1.54, 1.807) is 41.3 Å². The molecule has 6 nitrogen and oxygen atoms in total. The largest absolute Gasteiger partial charge is 0.325 e. The second-order valence-electron chi connectivity index (χ2n) is 6.50. The van der Waals surface area contributed by atoms with E-state index < -0.39 is 0 Å². The van der Waals surface area contributed by atoms with Gasteiger partial charge in [-0.15, -0.1) is 0 Å². The summed E-state index contributed by atoms with van der Waals surface area (Å²) in [4.78, 5) is 37.8. The smallest absolute Gasteiger partial charge is 0.238 e. The van der Waals surface area contributed by atoms with Gasteiger partial charge >= 0.3 is 0 Å². The van der Waals surface area contributed by atoms with E-state index in [2.05, 4.69) is 10.6 Å². The van der Waals surface area contributed by atoms with Gasteiger partial charge < -0.3 is 10.6 Å². The Bertz CT molecular complexity index is 883. The number of ketones is 1. The number of nitrogens with one attached hydrogen (secondary N) is 2. The lowest BCUT2D eigenvalue weighted by Gasteiger charge is -2.20. The lowest BCUT2D eigenvalue weighted by Crippen LogP contribution is -2.38. The number of benzene rings is 2. The molecule has 0 atom stereocenters. The van der Waals surface area contributed by atoms with Crippen LogP contribution >= 0.6 is 11.6 Å². The van der Waals surface area contributed by atoms with Crippen LogP contribution in [0.2, 0.25) is 5.02 Å². The Balaban J connectivity index is 1.93. The Morgan fingerprint density at radius 2 is 1.68 bits per heavy atom. The van der Waals surface area contributed by atoms with E-state index >= 15 is 0 Å². The summed E-state index contributed by atoms with van der Waals surface area (Å²) in [5.41, 5.74) is 2.64. The molecule has 0 spiro atoms. The first kappa shape index (κ1) is 21.6. The van der Waals surface area contributed by atoms with Crippen LogP contribution < -0.4 is 10.6 Å². The number of amides is 2. The molecule has 0 fully saturated rings. The number of anilines is 2. The fourth-order valence-electron chi connectivity index (χ4n) is 2.62. The van der Waals surface area contributed by atoms with Crippen LogP contribution in [0.1, 0.15) is 29.8 Å². The highest BCUT2D eigenvalue weighted by atomic mass is 35.5. The van der Waals surface area contributed by atoms with Crippen molar-refractivity contribution >= 4 is 40.6 Å². The molecule has 2 N–H and O–H groups in total. The topological polar surface area (TPSA) is 78.5 Å². The summed E-state index contributed by atoms with van der Waals surface area (Å²) < 4.78 is 0. The zero-order chi connectivity index (χ0) is 20.7. The Morgan fingerprint density at radius 3 is 2.32 bits per heavy atom. The van der Waals surface area contributed by atoms with Gasteiger partial charge in [-0.25, -0.2) is 0 Å². The quantitative estimate of drug-likeness (QED) is 0.660. The fraction of sp³-hybridized carbons (Fsp3) is 0.286. The third-order valence-corrected chi connectivity index (χ3v) is 4.44. The summed E-state index contributed by atoms with van der Waals surface area (Å²) in [7, 11) is 0. The van der Waals surface area contributed by atoms with Gasteiger partial charge in [0.25, 0.3) is 0 Å². The van der Waals surface area contributed by atoms with Gasteiger partial charge in [0, 0.05) is 22.0 Å². The monoisotopic (exact) mass is 401 g/mol. The molecule has 28 heavy (non-hydrogen) atoms. The Hall–Kier alpha value is -2.70. The van der Waals surface area contributed by atoms with Crippen LogP contribution in [0.5, 0.6) is 0 Å². The van der Waals surface area contributed by atoms with Crippen LogP contribution in [0.15, 0.2) is 42.5 Å². The van der Waals surface area contributed by atoms with Crippen LogP contribution in [0.4, 0.5) is 11.4 Å². The molecule has 0 saturated heterocycles. The number of aryl methyl sites for hydroxylation is 1. The van der Waals surface area contributed by atoms with Crippen molar-refractivity contribution in [3.8, 4) is 0 Å². The lowest BCUT2D eigenvalue weighted by molar-refractivity contribution is -0.119. The maximum Gasteiger partial charge on any atom is 0.238 e. The minimum Gasteiger partial charge on any atom is -0.325 e. The summed E-state index contributed by atoms with van der Waals surface area (Å²) in [5, 5.41) is 6.13. The molecule has 2 aromatic rings. The number of halogens is 1. The van der Waals surface area contributed by atoms with E-state index in [-0.39, 0.29) is 30.7 Å². The number of hydrogen-bond donors (Lipinski definition) is 2. The van der Waals surface area contributed by atoms with Gasteiger partial charge in [0.2, 0.25) is 11.8 Å². The summed E-state index contributed by atoms with van der Waals surface area (Å²) in [5.74, 6) is -0.549. The van der Waals surface area contributed by atoms with E-state index in [1.165, 1.54) is 6.92 Å². The number of carbonyl (C=O) groups excluding carboxylic acids is 3. The van der Waals surface area contributed by atoms with Crippen LogP contribution in [0.25, 0.3) is 0 Å². The first-order valence-corrected chi connectivity index (χ1v) is 9.35. The summed E-state index contributed by atoms with van der Waals surface area (Å²) in [6.45, 7) is 5.89. The molecule has 2 rings (SSSR count). The molecular weight excluding hydrogens is 378 g/mol. The van der Waals surface area contributed by atoms with E-state index in [1.807, 2.05) is 19.9 Å². The van der Waals surface area contributed by atoms with Crippen LogP contribution in [0.3, 0.4) is 0 Å². The van der Waals surface area contributed by atoms with Gasteiger partial charge in [-0.1, -0.05) is 36.7 Å². The fourth-order valence-corrected chi connectivity index (χ4v) is 2.79. The van der Waals surface area contributed by atoms with Crippen LogP contribution in [0, 0.1) is 6.92 Å². The lowest BCUT2D eigenvalue weighted by atomic mass is 10.1. The number of likely N-dealkylation sites (N-methyl/N-ethyl adjacent to an activating group) is 1. The molecule has 0 aromatic heterocycles. The van der Waals surface area contributed by atoms with Crippen molar-refractivity contribution in [2.45, 2.75) is 20.8 Å². The number of nitrogens with zero attached hydrogens (tertiary/aromatic N) is 1. The third kappa shape index (κ3) is 6.48. The summed E-state index contributed by atoms with van der Waals surface area (Å²) >= 11 is 5.97. The number of Topliss-reactive ketones (excluding diaryl/α,β-unsaturated/α-hetero) is 1. The van der Waals surface area contributed by atoms with Crippen molar-refractivity contribution in [3.05, 3.63) is 58.6 Å². The molecule has 7 heteroatoms. The number of rotatable bonds is 8. The Kier molecular flexibility index (Phi) is 7.72. The van der Waals surface area contributed by atoms with Gasteiger partial charge in [-0.05, 0) is 50.2 Å². The molecular formula is C21H24ClN3O3. The van der Waals surface area contributed by atoms with Gasteiger partial charge in [0.1, 0.15) is 0 Å². The molecule has 0 heterocycles. The van der Waals surface area contributed by atoms with E-state index in [4.69, 9.17) is 11.6 Å². The van der Waals surface area contributed by atoms with Gasteiger partial charge in [-0.3, -0.25) is 19.3 Å². The molecule has 0 aliphatic rings. The SMILES string of the molecule is CCN(CC(=O)Nc1cccc(C(C)=O)c1)CC(=O)Nc1cc(Cl)ccc1C. The van der Waals surface area contributed by atoms with E-state index in [0.717, 1.165) is 5.56 Å². The highest BCUT2D eigenvalue weighted by Gasteiger charge is 2.14.